The number of para-hydroxylation sites is 1. The zero-order valence-corrected chi connectivity index (χ0v) is 13.0. The molecule has 0 bridgehead atoms. The van der Waals surface area contributed by atoms with Crippen LogP contribution in [-0.2, 0) is 4.79 Å². The van der Waals surface area contributed by atoms with Gasteiger partial charge in [-0.15, -0.1) is 0 Å². The number of anilines is 1. The first-order valence-electron chi connectivity index (χ1n) is 6.70. The van der Waals surface area contributed by atoms with Crippen molar-refractivity contribution < 1.29 is 14.5 Å². The Balaban J connectivity index is 2.16. The molecule has 0 saturated carbocycles. The summed E-state index contributed by atoms with van der Waals surface area (Å²) in [5.41, 5.74) is 5.87. The van der Waals surface area contributed by atoms with Crippen LogP contribution in [0.15, 0.2) is 48.5 Å². The summed E-state index contributed by atoms with van der Waals surface area (Å²) < 4.78 is 0. The first-order valence-corrected chi connectivity index (χ1v) is 7.08. The predicted octanol–water partition coefficient (Wildman–Crippen LogP) is 3.00. The molecule has 2 rings (SSSR count). The fraction of sp³-hybridized carbons (Fsp3) is 0. The Morgan fingerprint density at radius 3 is 2.58 bits per heavy atom. The molecule has 122 valence electrons. The maximum atomic E-state index is 11.9. The Morgan fingerprint density at radius 2 is 1.92 bits per heavy atom. The smallest absolute Gasteiger partial charge is 0.288 e. The van der Waals surface area contributed by atoms with Gasteiger partial charge in [0, 0.05) is 12.1 Å². The van der Waals surface area contributed by atoms with Crippen LogP contribution in [-0.4, -0.2) is 16.7 Å². The number of nitro groups is 1. The largest absolute Gasteiger partial charge is 0.366 e. The van der Waals surface area contributed by atoms with Crippen molar-refractivity contribution in [3.63, 3.8) is 0 Å². The number of halogens is 1. The van der Waals surface area contributed by atoms with Crippen molar-refractivity contribution in [3.05, 3.63) is 74.8 Å². The van der Waals surface area contributed by atoms with E-state index in [9.17, 15) is 19.7 Å². The van der Waals surface area contributed by atoms with Gasteiger partial charge in [-0.1, -0.05) is 29.8 Å². The molecule has 0 aliphatic rings. The molecular formula is C16H12ClN3O4. The first-order chi connectivity index (χ1) is 11.4. The molecular weight excluding hydrogens is 334 g/mol. The number of rotatable bonds is 5. The van der Waals surface area contributed by atoms with Crippen LogP contribution in [0.4, 0.5) is 11.4 Å². The van der Waals surface area contributed by atoms with Gasteiger partial charge in [-0.05, 0) is 29.8 Å². The average Bonchev–Trinajstić information content (AvgIpc) is 2.54. The lowest BCUT2D eigenvalue weighted by atomic mass is 10.1. The lowest BCUT2D eigenvalue weighted by molar-refractivity contribution is -0.384. The van der Waals surface area contributed by atoms with E-state index in [1.54, 1.807) is 18.2 Å². The number of carbonyl (C=O) groups excluding carboxylic acids is 2. The molecule has 0 atom stereocenters. The van der Waals surface area contributed by atoms with E-state index < -0.39 is 16.7 Å². The Morgan fingerprint density at radius 1 is 1.21 bits per heavy atom. The minimum atomic E-state index is -0.664. The summed E-state index contributed by atoms with van der Waals surface area (Å²) in [6.07, 6.45) is 2.58. The van der Waals surface area contributed by atoms with Gasteiger partial charge in [0.1, 0.15) is 5.02 Å². The van der Waals surface area contributed by atoms with E-state index in [-0.39, 0.29) is 22.0 Å². The van der Waals surface area contributed by atoms with Gasteiger partial charge in [0.15, 0.2) is 0 Å². The van der Waals surface area contributed by atoms with E-state index in [0.29, 0.717) is 5.56 Å². The summed E-state index contributed by atoms with van der Waals surface area (Å²) in [7, 11) is 0. The quantitative estimate of drug-likeness (QED) is 0.492. The number of nitrogens with one attached hydrogen (secondary N) is 1. The number of carbonyl (C=O) groups is 2. The molecule has 0 spiro atoms. The Kier molecular flexibility index (Phi) is 5.28. The van der Waals surface area contributed by atoms with Crippen molar-refractivity contribution in [2.75, 3.05) is 5.32 Å². The molecule has 0 radical (unpaired) electrons. The Bertz CT molecular complexity index is 849. The average molecular weight is 346 g/mol. The highest BCUT2D eigenvalue weighted by atomic mass is 35.5. The van der Waals surface area contributed by atoms with Gasteiger partial charge in [-0.3, -0.25) is 19.7 Å². The van der Waals surface area contributed by atoms with Crippen LogP contribution < -0.4 is 11.1 Å². The number of nitro benzene ring substituents is 1. The maximum Gasteiger partial charge on any atom is 0.288 e. The SMILES string of the molecule is NC(=O)c1ccccc1NC(=O)C=Cc1ccc(Cl)c([N+](=O)[O-])c1. The molecule has 2 amide bonds. The molecule has 0 aromatic heterocycles. The summed E-state index contributed by atoms with van der Waals surface area (Å²) in [5.74, 6) is -1.18. The third-order valence-corrected chi connectivity index (χ3v) is 3.36. The molecule has 0 heterocycles. The topological polar surface area (TPSA) is 115 Å². The lowest BCUT2D eigenvalue weighted by Crippen LogP contribution is -2.16. The lowest BCUT2D eigenvalue weighted by Gasteiger charge is -2.06. The van der Waals surface area contributed by atoms with E-state index in [4.69, 9.17) is 17.3 Å². The van der Waals surface area contributed by atoms with Crippen molar-refractivity contribution in [2.24, 2.45) is 5.73 Å². The van der Waals surface area contributed by atoms with Crippen LogP contribution in [0.5, 0.6) is 0 Å². The van der Waals surface area contributed by atoms with Gasteiger partial charge in [-0.25, -0.2) is 0 Å². The molecule has 24 heavy (non-hydrogen) atoms. The second kappa shape index (κ2) is 7.38. The highest BCUT2D eigenvalue weighted by molar-refractivity contribution is 6.32. The maximum absolute atomic E-state index is 11.9. The first kappa shape index (κ1) is 17.2. The highest BCUT2D eigenvalue weighted by Gasteiger charge is 2.12. The second-order valence-corrected chi connectivity index (χ2v) is 5.11. The Labute approximate surface area is 141 Å². The van der Waals surface area contributed by atoms with Crippen LogP contribution in [0.2, 0.25) is 5.02 Å². The summed E-state index contributed by atoms with van der Waals surface area (Å²) in [6, 6.07) is 10.5. The summed E-state index contributed by atoms with van der Waals surface area (Å²) in [6.45, 7) is 0. The number of benzene rings is 2. The highest BCUT2D eigenvalue weighted by Crippen LogP contribution is 2.25. The fourth-order valence-corrected chi connectivity index (χ4v) is 2.11. The van der Waals surface area contributed by atoms with Crippen LogP contribution in [0.1, 0.15) is 15.9 Å². The summed E-state index contributed by atoms with van der Waals surface area (Å²) >= 11 is 5.72. The zero-order valence-electron chi connectivity index (χ0n) is 12.2. The van der Waals surface area contributed by atoms with Gasteiger partial charge < -0.3 is 11.1 Å². The third-order valence-electron chi connectivity index (χ3n) is 3.04. The van der Waals surface area contributed by atoms with E-state index in [0.717, 1.165) is 0 Å². The number of amides is 2. The van der Waals surface area contributed by atoms with Crippen LogP contribution in [0.25, 0.3) is 6.08 Å². The minimum Gasteiger partial charge on any atom is -0.366 e. The van der Waals surface area contributed by atoms with Gasteiger partial charge in [0.05, 0.1) is 16.2 Å². The fourth-order valence-electron chi connectivity index (χ4n) is 1.93. The van der Waals surface area contributed by atoms with Crippen molar-refractivity contribution in [1.29, 1.82) is 0 Å². The molecule has 0 aliphatic heterocycles. The van der Waals surface area contributed by atoms with Gasteiger partial charge in [-0.2, -0.15) is 0 Å². The number of primary amides is 1. The molecule has 2 aromatic carbocycles. The number of nitrogens with zero attached hydrogens (tertiary/aromatic N) is 1. The van der Waals surface area contributed by atoms with E-state index in [1.807, 2.05) is 0 Å². The predicted molar refractivity (Wildman–Crippen MR) is 90.7 cm³/mol. The van der Waals surface area contributed by atoms with Crippen molar-refractivity contribution in [2.45, 2.75) is 0 Å². The van der Waals surface area contributed by atoms with Gasteiger partial charge in [0.25, 0.3) is 11.6 Å². The van der Waals surface area contributed by atoms with Crippen molar-refractivity contribution in [1.82, 2.24) is 0 Å². The van der Waals surface area contributed by atoms with E-state index in [2.05, 4.69) is 5.32 Å². The molecule has 8 heteroatoms. The normalized spacial score (nSPS) is 10.5. The van der Waals surface area contributed by atoms with Crippen LogP contribution in [0.3, 0.4) is 0 Å². The molecule has 3 N–H and O–H groups in total. The van der Waals surface area contributed by atoms with Gasteiger partial charge in [0.2, 0.25) is 5.91 Å². The van der Waals surface area contributed by atoms with Crippen LogP contribution >= 0.6 is 11.6 Å². The monoisotopic (exact) mass is 345 g/mol. The third kappa shape index (κ3) is 4.17. The molecule has 0 aliphatic carbocycles. The minimum absolute atomic E-state index is 0.0111. The molecule has 2 aromatic rings. The zero-order chi connectivity index (χ0) is 17.7. The standard InChI is InChI=1S/C16H12ClN3O4/c17-12-7-5-10(9-14(12)20(23)24)6-8-15(21)19-13-4-2-1-3-11(13)16(18)22/h1-9H,(H2,18,22)(H,19,21). The second-order valence-electron chi connectivity index (χ2n) is 4.70. The number of nitrogens with two attached hydrogens (primary N) is 1. The van der Waals surface area contributed by atoms with Crippen LogP contribution in [0, 0.1) is 10.1 Å². The summed E-state index contributed by atoms with van der Waals surface area (Å²) in [4.78, 5) is 33.4. The van der Waals surface area contributed by atoms with Gasteiger partial charge >= 0.3 is 0 Å². The molecule has 0 fully saturated rings. The van der Waals surface area contributed by atoms with Crippen molar-refractivity contribution >= 4 is 40.9 Å². The molecule has 7 nitrogen and oxygen atoms in total. The molecule has 0 saturated heterocycles. The van der Waals surface area contributed by atoms with E-state index in [1.165, 1.54) is 36.4 Å². The van der Waals surface area contributed by atoms with E-state index >= 15 is 0 Å². The van der Waals surface area contributed by atoms with Crippen molar-refractivity contribution in [3.8, 4) is 0 Å². The summed E-state index contributed by atoms with van der Waals surface area (Å²) in [5, 5.41) is 13.4. The number of hydrogen-bond acceptors (Lipinski definition) is 4. The Hall–Kier alpha value is -3.19. The number of hydrogen-bond donors (Lipinski definition) is 2. The molecule has 0 unspecified atom stereocenters.